The third-order valence-corrected chi connectivity index (χ3v) is 2.84. The van der Waals surface area contributed by atoms with Crippen LogP contribution < -0.4 is 5.32 Å². The highest BCUT2D eigenvalue weighted by molar-refractivity contribution is 5.99. The van der Waals surface area contributed by atoms with Crippen LogP contribution in [0.2, 0.25) is 0 Å². The van der Waals surface area contributed by atoms with Gasteiger partial charge in [-0.2, -0.15) is 0 Å². The van der Waals surface area contributed by atoms with Gasteiger partial charge in [0.05, 0.1) is 5.56 Å². The summed E-state index contributed by atoms with van der Waals surface area (Å²) in [4.78, 5) is 25.6. The number of phenolic OH excluding ortho intramolecular Hbond substituents is 1. The minimum Gasteiger partial charge on any atom is -0.507 e. The lowest BCUT2D eigenvalue weighted by Gasteiger charge is -2.14. The number of carbonyl (C=O) groups is 2. The van der Waals surface area contributed by atoms with Crippen LogP contribution >= 0.6 is 0 Å². The molecule has 0 aliphatic rings. The minimum atomic E-state index is -1.12. The molecule has 21 heavy (non-hydrogen) atoms. The number of carboxylic acid groups (broad SMARTS) is 1. The van der Waals surface area contributed by atoms with E-state index in [4.69, 9.17) is 10.6 Å². The minimum absolute atomic E-state index is 0.0744. The standard InChI is InChI=1S/C13H16N4O4/c1-2-3-4-10(13(20)21)15-12(19)9-6-5-8(16-17-14)7-11(9)18/h5-7,10,18H,2-4H2,1H3,(H,15,19)(H,20,21). The molecule has 0 heterocycles. The molecular weight excluding hydrogens is 276 g/mol. The Morgan fingerprint density at radius 2 is 2.19 bits per heavy atom. The van der Waals surface area contributed by atoms with Gasteiger partial charge in [-0.25, -0.2) is 4.79 Å². The fourth-order valence-corrected chi connectivity index (χ4v) is 1.73. The number of unbranched alkanes of at least 4 members (excludes halogenated alkanes) is 1. The van der Waals surface area contributed by atoms with Gasteiger partial charge in [-0.3, -0.25) is 4.79 Å². The van der Waals surface area contributed by atoms with Gasteiger partial charge in [0.15, 0.2) is 0 Å². The Kier molecular flexibility index (Phi) is 6.03. The number of amides is 1. The van der Waals surface area contributed by atoms with E-state index in [1.807, 2.05) is 6.92 Å². The highest BCUT2D eigenvalue weighted by Crippen LogP contribution is 2.24. The quantitative estimate of drug-likeness (QED) is 0.404. The van der Waals surface area contributed by atoms with Crippen LogP contribution in [-0.4, -0.2) is 28.1 Å². The largest absolute Gasteiger partial charge is 0.507 e. The zero-order valence-electron chi connectivity index (χ0n) is 11.5. The van der Waals surface area contributed by atoms with E-state index in [0.29, 0.717) is 12.8 Å². The van der Waals surface area contributed by atoms with Crippen molar-refractivity contribution in [2.45, 2.75) is 32.2 Å². The third kappa shape index (κ3) is 4.70. The number of nitrogens with zero attached hydrogens (tertiary/aromatic N) is 3. The molecule has 112 valence electrons. The number of aliphatic carboxylic acids is 1. The Labute approximate surface area is 121 Å². The molecule has 1 aromatic carbocycles. The summed E-state index contributed by atoms with van der Waals surface area (Å²) in [6.45, 7) is 1.92. The maximum atomic E-state index is 12.0. The van der Waals surface area contributed by atoms with Crippen molar-refractivity contribution in [3.63, 3.8) is 0 Å². The highest BCUT2D eigenvalue weighted by Gasteiger charge is 2.21. The molecule has 1 unspecified atom stereocenters. The molecule has 0 bridgehead atoms. The predicted molar refractivity (Wildman–Crippen MR) is 75.3 cm³/mol. The number of nitrogens with one attached hydrogen (secondary N) is 1. The number of aromatic hydroxyl groups is 1. The zero-order chi connectivity index (χ0) is 15.8. The zero-order valence-corrected chi connectivity index (χ0v) is 11.5. The summed E-state index contributed by atoms with van der Waals surface area (Å²) < 4.78 is 0. The van der Waals surface area contributed by atoms with Crippen molar-refractivity contribution in [1.29, 1.82) is 0 Å². The molecule has 0 saturated heterocycles. The first-order valence-electron chi connectivity index (χ1n) is 6.41. The summed E-state index contributed by atoms with van der Waals surface area (Å²) in [7, 11) is 0. The predicted octanol–water partition coefficient (Wildman–Crippen LogP) is 2.71. The first kappa shape index (κ1) is 16.3. The fourth-order valence-electron chi connectivity index (χ4n) is 1.73. The van der Waals surface area contributed by atoms with Crippen LogP contribution in [0, 0.1) is 0 Å². The molecule has 1 rings (SSSR count). The summed E-state index contributed by atoms with van der Waals surface area (Å²) in [5, 5.41) is 24.4. The lowest BCUT2D eigenvalue weighted by Crippen LogP contribution is -2.40. The van der Waals surface area contributed by atoms with E-state index in [1.165, 1.54) is 12.1 Å². The lowest BCUT2D eigenvalue weighted by atomic mass is 10.1. The van der Waals surface area contributed by atoms with Crippen molar-refractivity contribution in [1.82, 2.24) is 5.32 Å². The summed E-state index contributed by atoms with van der Waals surface area (Å²) >= 11 is 0. The van der Waals surface area contributed by atoms with E-state index in [0.717, 1.165) is 12.5 Å². The molecule has 1 atom stereocenters. The van der Waals surface area contributed by atoms with Crippen molar-refractivity contribution in [2.75, 3.05) is 0 Å². The molecule has 0 aromatic heterocycles. The van der Waals surface area contributed by atoms with Crippen LogP contribution in [0.4, 0.5) is 5.69 Å². The SMILES string of the molecule is CCCCC(NC(=O)c1ccc(N=[N+]=[N-])cc1O)C(=O)O. The molecular formula is C13H16N4O4. The van der Waals surface area contributed by atoms with Gasteiger partial charge in [0.1, 0.15) is 11.8 Å². The lowest BCUT2D eigenvalue weighted by molar-refractivity contribution is -0.139. The maximum absolute atomic E-state index is 12.0. The molecule has 8 nitrogen and oxygen atoms in total. The van der Waals surface area contributed by atoms with Crippen molar-refractivity contribution in [3.05, 3.63) is 34.2 Å². The Morgan fingerprint density at radius 3 is 2.71 bits per heavy atom. The number of hydrogen-bond acceptors (Lipinski definition) is 4. The highest BCUT2D eigenvalue weighted by atomic mass is 16.4. The van der Waals surface area contributed by atoms with Crippen LogP contribution in [0.5, 0.6) is 5.75 Å². The number of phenols is 1. The van der Waals surface area contributed by atoms with Gasteiger partial charge in [-0.05, 0) is 24.1 Å². The number of rotatable bonds is 7. The Balaban J connectivity index is 2.87. The monoisotopic (exact) mass is 292 g/mol. The van der Waals surface area contributed by atoms with E-state index in [2.05, 4.69) is 15.3 Å². The topological polar surface area (TPSA) is 135 Å². The Morgan fingerprint density at radius 1 is 1.48 bits per heavy atom. The van der Waals surface area contributed by atoms with E-state index < -0.39 is 17.9 Å². The normalized spacial score (nSPS) is 11.3. The van der Waals surface area contributed by atoms with Crippen molar-refractivity contribution in [3.8, 4) is 5.75 Å². The molecule has 8 heteroatoms. The number of benzene rings is 1. The van der Waals surface area contributed by atoms with E-state index >= 15 is 0 Å². The summed E-state index contributed by atoms with van der Waals surface area (Å²) in [6.07, 6.45) is 1.79. The second kappa shape index (κ2) is 7.76. The van der Waals surface area contributed by atoms with Crippen LogP contribution in [0.1, 0.15) is 36.5 Å². The van der Waals surface area contributed by atoms with Gasteiger partial charge >= 0.3 is 5.97 Å². The van der Waals surface area contributed by atoms with Crippen LogP contribution in [0.25, 0.3) is 10.4 Å². The van der Waals surface area contributed by atoms with Gasteiger partial charge in [0.2, 0.25) is 0 Å². The fraction of sp³-hybridized carbons (Fsp3) is 0.385. The molecule has 0 aliphatic carbocycles. The van der Waals surface area contributed by atoms with E-state index in [9.17, 15) is 14.7 Å². The molecule has 0 fully saturated rings. The number of carboxylic acids is 1. The molecule has 3 N–H and O–H groups in total. The Hall–Kier alpha value is -2.73. The summed E-state index contributed by atoms with van der Waals surface area (Å²) in [5.74, 6) is -2.19. The van der Waals surface area contributed by atoms with Gasteiger partial charge in [0.25, 0.3) is 5.91 Å². The molecule has 0 aliphatic heterocycles. The number of carbonyl (C=O) groups excluding carboxylic acids is 1. The summed E-state index contributed by atoms with van der Waals surface area (Å²) in [5.41, 5.74) is 8.37. The van der Waals surface area contributed by atoms with E-state index in [-0.39, 0.29) is 17.0 Å². The van der Waals surface area contributed by atoms with Crippen LogP contribution in [0.3, 0.4) is 0 Å². The smallest absolute Gasteiger partial charge is 0.326 e. The van der Waals surface area contributed by atoms with Crippen LogP contribution in [-0.2, 0) is 4.79 Å². The summed E-state index contributed by atoms with van der Waals surface area (Å²) in [6, 6.07) is 2.76. The van der Waals surface area contributed by atoms with Crippen molar-refractivity contribution < 1.29 is 19.8 Å². The second-order valence-corrected chi connectivity index (χ2v) is 4.40. The van der Waals surface area contributed by atoms with Gasteiger partial charge < -0.3 is 15.5 Å². The average Bonchev–Trinajstić information content (AvgIpc) is 2.43. The van der Waals surface area contributed by atoms with Gasteiger partial charge in [-0.15, -0.1) is 0 Å². The molecule has 1 amide bonds. The maximum Gasteiger partial charge on any atom is 0.326 e. The van der Waals surface area contributed by atoms with E-state index in [1.54, 1.807) is 0 Å². The Bertz CT molecular complexity index is 582. The molecule has 0 saturated carbocycles. The van der Waals surface area contributed by atoms with Crippen LogP contribution in [0.15, 0.2) is 23.3 Å². The number of hydrogen-bond donors (Lipinski definition) is 3. The molecule has 0 radical (unpaired) electrons. The van der Waals surface area contributed by atoms with Crippen molar-refractivity contribution >= 4 is 17.6 Å². The van der Waals surface area contributed by atoms with Gasteiger partial charge in [0, 0.05) is 10.6 Å². The van der Waals surface area contributed by atoms with Gasteiger partial charge in [-0.1, -0.05) is 30.9 Å². The third-order valence-electron chi connectivity index (χ3n) is 2.84. The second-order valence-electron chi connectivity index (χ2n) is 4.40. The molecule has 0 spiro atoms. The number of azide groups is 1. The average molecular weight is 292 g/mol. The first-order chi connectivity index (χ1) is 9.99. The van der Waals surface area contributed by atoms with Crippen molar-refractivity contribution in [2.24, 2.45) is 5.11 Å². The first-order valence-corrected chi connectivity index (χ1v) is 6.41. The molecule has 1 aromatic rings.